The van der Waals surface area contributed by atoms with Crippen molar-refractivity contribution < 1.29 is 9.59 Å². The van der Waals surface area contributed by atoms with Crippen LogP contribution in [0.25, 0.3) is 0 Å². The summed E-state index contributed by atoms with van der Waals surface area (Å²) in [6.45, 7) is 5.94. The first kappa shape index (κ1) is 20.5. The molecule has 2 rings (SSSR count). The number of nitrogens with one attached hydrogen (secondary N) is 2. The molecule has 0 saturated carbocycles. The molecule has 0 aliphatic carbocycles. The van der Waals surface area contributed by atoms with E-state index >= 15 is 0 Å². The van der Waals surface area contributed by atoms with E-state index in [0.717, 1.165) is 18.2 Å². The number of carbonyl (C=O) groups is 2. The van der Waals surface area contributed by atoms with E-state index in [1.807, 2.05) is 37.3 Å². The molecule has 140 valence electrons. The Labute approximate surface area is 163 Å². The van der Waals surface area contributed by atoms with Gasteiger partial charge in [0.15, 0.2) is 0 Å². The monoisotopic (exact) mass is 382 g/mol. The lowest BCUT2D eigenvalue weighted by Crippen LogP contribution is -2.44. The number of nitrogens with zero attached hydrogens (tertiary/aromatic N) is 2. The summed E-state index contributed by atoms with van der Waals surface area (Å²) < 4.78 is 0. The summed E-state index contributed by atoms with van der Waals surface area (Å²) in [5.74, 6) is -1.46. The smallest absolute Gasteiger partial charge is 0.243 e. The first-order chi connectivity index (χ1) is 12.8. The summed E-state index contributed by atoms with van der Waals surface area (Å²) in [6, 6.07) is 12.1. The van der Waals surface area contributed by atoms with Gasteiger partial charge in [0.25, 0.3) is 0 Å². The van der Waals surface area contributed by atoms with E-state index in [4.69, 9.17) is 0 Å². The van der Waals surface area contributed by atoms with Gasteiger partial charge in [0.2, 0.25) is 11.8 Å². The van der Waals surface area contributed by atoms with Gasteiger partial charge in [0, 0.05) is 12.0 Å². The minimum absolute atomic E-state index is 0.0852. The summed E-state index contributed by atoms with van der Waals surface area (Å²) in [6.07, 6.45) is 0.739. The molecule has 0 saturated heterocycles. The number of thioether (sulfide) groups is 1. The van der Waals surface area contributed by atoms with Crippen molar-refractivity contribution in [1.82, 2.24) is 10.6 Å². The first-order valence-corrected chi connectivity index (χ1v) is 9.59. The highest BCUT2D eigenvalue weighted by atomic mass is 32.2. The summed E-state index contributed by atoms with van der Waals surface area (Å²) in [5, 5.41) is 24.5. The second-order valence-corrected chi connectivity index (χ2v) is 7.89. The minimum Gasteiger partial charge on any atom is -0.355 e. The normalized spacial score (nSPS) is 18.3. The number of hydrogen-bond acceptors (Lipinski definition) is 5. The van der Waals surface area contributed by atoms with Gasteiger partial charge in [0.05, 0.1) is 28.5 Å². The summed E-state index contributed by atoms with van der Waals surface area (Å²) in [5.41, 5.74) is 1.80. The van der Waals surface area contributed by atoms with E-state index < -0.39 is 17.2 Å². The highest BCUT2D eigenvalue weighted by Crippen LogP contribution is 2.41. The van der Waals surface area contributed by atoms with Crippen LogP contribution in [0.1, 0.15) is 25.0 Å². The molecular weight excluding hydrogens is 360 g/mol. The van der Waals surface area contributed by atoms with Crippen LogP contribution >= 0.6 is 11.8 Å². The molecule has 0 fully saturated rings. The number of aryl methyl sites for hydroxylation is 1. The molecule has 1 aliphatic heterocycles. The van der Waals surface area contributed by atoms with Crippen molar-refractivity contribution in [2.45, 2.75) is 27.2 Å². The quantitative estimate of drug-likeness (QED) is 0.786. The molecule has 0 spiro atoms. The largest absolute Gasteiger partial charge is 0.355 e. The Morgan fingerprint density at radius 1 is 1.33 bits per heavy atom. The lowest BCUT2D eigenvalue weighted by molar-refractivity contribution is -0.125. The predicted octanol–water partition coefficient (Wildman–Crippen LogP) is 2.42. The van der Waals surface area contributed by atoms with E-state index in [2.05, 4.69) is 16.7 Å². The van der Waals surface area contributed by atoms with Crippen molar-refractivity contribution in [2.75, 3.05) is 12.3 Å². The average molecular weight is 382 g/mol. The zero-order chi connectivity index (χ0) is 20.0. The van der Waals surface area contributed by atoms with E-state index in [1.54, 1.807) is 13.8 Å². The molecule has 1 heterocycles. The van der Waals surface area contributed by atoms with Crippen LogP contribution in [0, 0.1) is 40.9 Å². The van der Waals surface area contributed by atoms with Crippen molar-refractivity contribution in [3.8, 4) is 12.1 Å². The molecule has 6 nitrogen and oxygen atoms in total. The fourth-order valence-corrected chi connectivity index (χ4v) is 3.95. The zero-order valence-electron chi connectivity index (χ0n) is 15.6. The molecule has 2 N–H and O–H groups in total. The molecule has 0 unspecified atom stereocenters. The van der Waals surface area contributed by atoms with Crippen LogP contribution in [0.3, 0.4) is 0 Å². The van der Waals surface area contributed by atoms with Crippen LogP contribution in [0.5, 0.6) is 0 Å². The molecule has 0 aromatic heterocycles. The number of nitriles is 2. The standard InChI is InChI=1S/C20H22N4O2S/c1-13-6-4-5-7-14(13)8-9-23-17(25)12-27-19-16(11-22)20(2,3)15(10-21)18(26)24-19/h4-7,15H,8-9,12H2,1-3H3,(H,23,25)(H,24,26)/t15-/m1/s1. The molecule has 1 aliphatic rings. The van der Waals surface area contributed by atoms with Crippen molar-refractivity contribution in [2.24, 2.45) is 11.3 Å². The van der Waals surface area contributed by atoms with Gasteiger partial charge >= 0.3 is 0 Å². The number of allylic oxidation sites excluding steroid dienone is 1. The van der Waals surface area contributed by atoms with E-state index in [0.29, 0.717) is 17.1 Å². The lowest BCUT2D eigenvalue weighted by atomic mass is 9.72. The van der Waals surface area contributed by atoms with Crippen LogP contribution < -0.4 is 10.6 Å². The van der Waals surface area contributed by atoms with Crippen LogP contribution in [-0.2, 0) is 16.0 Å². The van der Waals surface area contributed by atoms with E-state index in [1.165, 1.54) is 11.1 Å². The average Bonchev–Trinajstić information content (AvgIpc) is 2.61. The number of carbonyl (C=O) groups excluding carboxylic acids is 2. The van der Waals surface area contributed by atoms with Gasteiger partial charge in [-0.3, -0.25) is 9.59 Å². The first-order valence-electron chi connectivity index (χ1n) is 8.60. The third kappa shape index (κ3) is 4.69. The van der Waals surface area contributed by atoms with Gasteiger partial charge in [-0.2, -0.15) is 10.5 Å². The molecular formula is C20H22N4O2S. The van der Waals surface area contributed by atoms with Crippen LogP contribution in [0.2, 0.25) is 0 Å². The molecule has 0 radical (unpaired) electrons. The van der Waals surface area contributed by atoms with Crippen molar-refractivity contribution in [3.63, 3.8) is 0 Å². The van der Waals surface area contributed by atoms with E-state index in [-0.39, 0.29) is 11.7 Å². The van der Waals surface area contributed by atoms with E-state index in [9.17, 15) is 20.1 Å². The molecule has 0 bridgehead atoms. The Morgan fingerprint density at radius 2 is 2.04 bits per heavy atom. The molecule has 1 atom stereocenters. The number of rotatable bonds is 6. The summed E-state index contributed by atoms with van der Waals surface area (Å²) >= 11 is 1.11. The Balaban J connectivity index is 1.95. The molecule has 7 heteroatoms. The third-order valence-corrected chi connectivity index (χ3v) is 5.66. The SMILES string of the molecule is Cc1ccccc1CCNC(=O)CSC1=C(C#N)C(C)(C)[C@H](C#N)C(=O)N1. The van der Waals surface area contributed by atoms with Gasteiger partial charge in [-0.15, -0.1) is 0 Å². The third-order valence-electron chi connectivity index (χ3n) is 4.66. The highest BCUT2D eigenvalue weighted by molar-refractivity contribution is 8.03. The van der Waals surface area contributed by atoms with Crippen molar-refractivity contribution in [3.05, 3.63) is 46.0 Å². The molecule has 1 aromatic carbocycles. The minimum atomic E-state index is -0.931. The second kappa shape index (κ2) is 8.75. The maximum atomic E-state index is 12.1. The summed E-state index contributed by atoms with van der Waals surface area (Å²) in [4.78, 5) is 24.2. The Bertz CT molecular complexity index is 861. The van der Waals surface area contributed by atoms with Gasteiger partial charge in [0.1, 0.15) is 5.92 Å². The maximum absolute atomic E-state index is 12.1. The van der Waals surface area contributed by atoms with Gasteiger partial charge < -0.3 is 10.6 Å². The lowest BCUT2D eigenvalue weighted by Gasteiger charge is -2.34. The Kier molecular flexibility index (Phi) is 6.65. The van der Waals surface area contributed by atoms with Crippen molar-refractivity contribution >= 4 is 23.6 Å². The van der Waals surface area contributed by atoms with Gasteiger partial charge in [-0.25, -0.2) is 0 Å². The van der Waals surface area contributed by atoms with Crippen LogP contribution in [-0.4, -0.2) is 24.1 Å². The van der Waals surface area contributed by atoms with Crippen LogP contribution in [0.15, 0.2) is 34.9 Å². The van der Waals surface area contributed by atoms with Gasteiger partial charge in [-0.05, 0) is 24.5 Å². The summed E-state index contributed by atoms with van der Waals surface area (Å²) in [7, 11) is 0. The molecule has 2 amide bonds. The molecule has 27 heavy (non-hydrogen) atoms. The van der Waals surface area contributed by atoms with Crippen LogP contribution in [0.4, 0.5) is 0 Å². The second-order valence-electron chi connectivity index (χ2n) is 6.90. The highest BCUT2D eigenvalue weighted by Gasteiger charge is 2.44. The van der Waals surface area contributed by atoms with Crippen molar-refractivity contribution in [1.29, 1.82) is 10.5 Å². The maximum Gasteiger partial charge on any atom is 0.243 e. The predicted molar refractivity (Wildman–Crippen MR) is 104 cm³/mol. The number of amides is 2. The number of benzene rings is 1. The Hall–Kier alpha value is -2.77. The molecule has 1 aromatic rings. The fourth-order valence-electron chi connectivity index (χ4n) is 2.95. The van der Waals surface area contributed by atoms with Gasteiger partial charge in [-0.1, -0.05) is 49.9 Å². The zero-order valence-corrected chi connectivity index (χ0v) is 16.4. The number of hydrogen-bond donors (Lipinski definition) is 2. The topological polar surface area (TPSA) is 106 Å². The Morgan fingerprint density at radius 3 is 2.67 bits per heavy atom. The fraction of sp³-hybridized carbons (Fsp3) is 0.400.